The van der Waals surface area contributed by atoms with Crippen molar-refractivity contribution < 1.29 is 0 Å². The third-order valence-electron chi connectivity index (χ3n) is 2.50. The second-order valence-corrected chi connectivity index (χ2v) is 6.57. The third kappa shape index (κ3) is 2.54. The summed E-state index contributed by atoms with van der Waals surface area (Å²) in [7, 11) is 0. The van der Waals surface area contributed by atoms with Crippen molar-refractivity contribution in [3.05, 3.63) is 41.4 Å². The summed E-state index contributed by atoms with van der Waals surface area (Å²) in [5, 5.41) is 4.89. The Hall–Kier alpha value is -1.14. The molecule has 0 saturated heterocycles. The van der Waals surface area contributed by atoms with Crippen LogP contribution in [0.2, 0.25) is 5.02 Å². The van der Waals surface area contributed by atoms with Crippen LogP contribution in [0.1, 0.15) is 5.82 Å². The molecule has 2 heterocycles. The van der Waals surface area contributed by atoms with Gasteiger partial charge in [0.1, 0.15) is 6.33 Å². The molecule has 0 fully saturated rings. The minimum Gasteiger partial charge on any atom is -0.217 e. The summed E-state index contributed by atoms with van der Waals surface area (Å²) in [6.45, 7) is 0. The van der Waals surface area contributed by atoms with Crippen LogP contribution < -0.4 is 0 Å². The highest BCUT2D eigenvalue weighted by molar-refractivity contribution is 6.66. The molecule has 0 aliphatic heterocycles. The molecular formula is C11H5Cl4N5. The number of hydrogen-bond acceptors (Lipinski definition) is 4. The Morgan fingerprint density at radius 2 is 1.70 bits per heavy atom. The standard InChI is InChI=1S/C11H5Cl4N5/c12-7-3-1-6(2-4-7)8-18-10-17-5-16-9(11(13,14)15)20(10)19-8/h1-5H. The number of alkyl halides is 3. The second kappa shape index (κ2) is 5.00. The van der Waals surface area contributed by atoms with Crippen LogP contribution in [0.3, 0.4) is 0 Å². The van der Waals surface area contributed by atoms with E-state index in [4.69, 9.17) is 46.4 Å². The second-order valence-electron chi connectivity index (χ2n) is 3.85. The van der Waals surface area contributed by atoms with Crippen molar-refractivity contribution in [2.24, 2.45) is 0 Å². The summed E-state index contributed by atoms with van der Waals surface area (Å²) in [5.41, 5.74) is 0.773. The fourth-order valence-corrected chi connectivity index (χ4v) is 2.15. The van der Waals surface area contributed by atoms with Crippen LogP contribution in [0, 0.1) is 0 Å². The van der Waals surface area contributed by atoms with Crippen LogP contribution in [0.4, 0.5) is 0 Å². The number of aromatic nitrogens is 5. The Balaban J connectivity index is 2.18. The zero-order valence-corrected chi connectivity index (χ0v) is 12.7. The Kier molecular flexibility index (Phi) is 3.46. The molecule has 0 bridgehead atoms. The van der Waals surface area contributed by atoms with E-state index in [9.17, 15) is 0 Å². The van der Waals surface area contributed by atoms with Crippen molar-refractivity contribution >= 4 is 52.2 Å². The Morgan fingerprint density at radius 1 is 1.00 bits per heavy atom. The molecule has 102 valence electrons. The van der Waals surface area contributed by atoms with Gasteiger partial charge in [-0.2, -0.15) is 14.5 Å². The molecule has 0 amide bonds. The van der Waals surface area contributed by atoms with Crippen molar-refractivity contribution in [3.8, 4) is 11.4 Å². The summed E-state index contributed by atoms with van der Waals surface area (Å²) < 4.78 is -0.414. The molecule has 20 heavy (non-hydrogen) atoms. The summed E-state index contributed by atoms with van der Waals surface area (Å²) in [5.74, 6) is 0.865. The number of rotatable bonds is 1. The largest absolute Gasteiger partial charge is 0.256 e. The molecule has 9 heteroatoms. The first kappa shape index (κ1) is 13.8. The lowest BCUT2D eigenvalue weighted by Gasteiger charge is -2.09. The van der Waals surface area contributed by atoms with Gasteiger partial charge in [0.15, 0.2) is 11.6 Å². The number of nitrogens with zero attached hydrogens (tertiary/aromatic N) is 5. The van der Waals surface area contributed by atoms with E-state index in [2.05, 4.69) is 20.1 Å². The number of fused-ring (bicyclic) bond motifs is 1. The van der Waals surface area contributed by atoms with Crippen LogP contribution in [0.15, 0.2) is 30.6 Å². The summed E-state index contributed by atoms with van der Waals surface area (Å²) >= 11 is 23.4. The molecular weight excluding hydrogens is 344 g/mol. The van der Waals surface area contributed by atoms with Crippen molar-refractivity contribution in [1.29, 1.82) is 0 Å². The van der Waals surface area contributed by atoms with Crippen LogP contribution >= 0.6 is 46.4 Å². The maximum absolute atomic E-state index is 5.85. The van der Waals surface area contributed by atoms with Gasteiger partial charge in [0, 0.05) is 10.6 Å². The zero-order chi connectivity index (χ0) is 14.3. The molecule has 0 spiro atoms. The normalized spacial score (nSPS) is 12.0. The van der Waals surface area contributed by atoms with E-state index < -0.39 is 3.79 Å². The fourth-order valence-electron chi connectivity index (χ4n) is 1.63. The van der Waals surface area contributed by atoms with Crippen molar-refractivity contribution in [2.75, 3.05) is 0 Å². The molecule has 0 aliphatic carbocycles. The molecule has 1 aromatic carbocycles. The number of benzene rings is 1. The smallest absolute Gasteiger partial charge is 0.217 e. The van der Waals surface area contributed by atoms with E-state index >= 15 is 0 Å². The number of hydrogen-bond donors (Lipinski definition) is 0. The molecule has 3 aromatic rings. The van der Waals surface area contributed by atoms with Crippen LogP contribution in [-0.2, 0) is 3.79 Å². The molecule has 5 nitrogen and oxygen atoms in total. The van der Waals surface area contributed by atoms with Crippen molar-refractivity contribution in [3.63, 3.8) is 0 Å². The molecule has 0 atom stereocenters. The van der Waals surface area contributed by atoms with E-state index in [0.29, 0.717) is 16.6 Å². The lowest BCUT2D eigenvalue weighted by molar-refractivity contribution is 0.801. The third-order valence-corrected chi connectivity index (χ3v) is 3.26. The van der Waals surface area contributed by atoms with Gasteiger partial charge in [0.25, 0.3) is 5.78 Å². The highest BCUT2D eigenvalue weighted by Gasteiger charge is 2.29. The van der Waals surface area contributed by atoms with Gasteiger partial charge in [-0.25, -0.2) is 4.98 Å². The van der Waals surface area contributed by atoms with Crippen LogP contribution in [-0.4, -0.2) is 24.6 Å². The molecule has 0 saturated carbocycles. The summed E-state index contributed by atoms with van der Waals surface area (Å²) in [6, 6.07) is 7.06. The highest BCUT2D eigenvalue weighted by Crippen LogP contribution is 2.36. The van der Waals surface area contributed by atoms with Gasteiger partial charge in [0.2, 0.25) is 3.79 Å². The maximum Gasteiger partial charge on any atom is 0.256 e. The number of halogens is 4. The molecule has 0 N–H and O–H groups in total. The molecule has 2 aromatic heterocycles. The Labute approximate surface area is 133 Å². The van der Waals surface area contributed by atoms with Crippen LogP contribution in [0.5, 0.6) is 0 Å². The molecule has 0 radical (unpaired) electrons. The highest BCUT2D eigenvalue weighted by atomic mass is 35.6. The van der Waals surface area contributed by atoms with E-state index in [0.717, 1.165) is 5.56 Å². The first-order valence-electron chi connectivity index (χ1n) is 5.36. The van der Waals surface area contributed by atoms with Crippen LogP contribution in [0.25, 0.3) is 17.2 Å². The van der Waals surface area contributed by atoms with Gasteiger partial charge < -0.3 is 0 Å². The SMILES string of the molecule is Clc1ccc(-c2nc3ncnc(C(Cl)(Cl)Cl)n3n2)cc1. The minimum atomic E-state index is -1.72. The Morgan fingerprint density at radius 3 is 2.35 bits per heavy atom. The zero-order valence-electron chi connectivity index (χ0n) is 9.63. The van der Waals surface area contributed by atoms with E-state index in [-0.39, 0.29) is 5.82 Å². The molecule has 0 unspecified atom stereocenters. The topological polar surface area (TPSA) is 56.0 Å². The lowest BCUT2D eigenvalue weighted by Crippen LogP contribution is -2.12. The molecule has 0 aliphatic rings. The van der Waals surface area contributed by atoms with E-state index in [1.54, 1.807) is 24.3 Å². The average Bonchev–Trinajstić information content (AvgIpc) is 2.81. The maximum atomic E-state index is 5.85. The van der Waals surface area contributed by atoms with E-state index in [1.165, 1.54) is 10.8 Å². The summed E-state index contributed by atoms with van der Waals surface area (Å²) in [6.07, 6.45) is 1.27. The lowest BCUT2D eigenvalue weighted by atomic mass is 10.2. The predicted molar refractivity (Wildman–Crippen MR) is 78.3 cm³/mol. The first-order valence-corrected chi connectivity index (χ1v) is 6.87. The van der Waals surface area contributed by atoms with Gasteiger partial charge in [-0.1, -0.05) is 46.4 Å². The summed E-state index contributed by atoms with van der Waals surface area (Å²) in [4.78, 5) is 12.2. The van der Waals surface area contributed by atoms with Crippen molar-refractivity contribution in [2.45, 2.75) is 3.79 Å². The Bertz CT molecular complexity index is 763. The molecule has 3 rings (SSSR count). The average molecular weight is 349 g/mol. The van der Waals surface area contributed by atoms with Gasteiger partial charge in [-0.3, -0.25) is 0 Å². The minimum absolute atomic E-state index is 0.125. The van der Waals surface area contributed by atoms with E-state index in [1.807, 2.05) is 0 Å². The van der Waals surface area contributed by atoms with Crippen molar-refractivity contribution in [1.82, 2.24) is 24.6 Å². The predicted octanol–water partition coefficient (Wildman–Crippen LogP) is 3.67. The quantitative estimate of drug-likeness (QED) is 0.629. The first-order chi connectivity index (χ1) is 9.45. The van der Waals surface area contributed by atoms with Gasteiger partial charge in [0.05, 0.1) is 0 Å². The van der Waals surface area contributed by atoms with Gasteiger partial charge in [-0.15, -0.1) is 5.10 Å². The fraction of sp³-hybridized carbons (Fsp3) is 0.0909. The van der Waals surface area contributed by atoms with Gasteiger partial charge in [-0.05, 0) is 24.3 Å². The van der Waals surface area contributed by atoms with Gasteiger partial charge >= 0.3 is 0 Å². The monoisotopic (exact) mass is 347 g/mol.